The lowest BCUT2D eigenvalue weighted by Crippen LogP contribution is -2.24. The van der Waals surface area contributed by atoms with E-state index in [1.165, 1.54) is 7.11 Å². The number of nitrogens with one attached hydrogen (secondary N) is 1. The number of carbonyl (C=O) groups excluding carboxylic acids is 1. The van der Waals surface area contributed by atoms with E-state index in [4.69, 9.17) is 4.74 Å². The van der Waals surface area contributed by atoms with Gasteiger partial charge >= 0.3 is 0 Å². The second-order valence-corrected chi connectivity index (χ2v) is 6.49. The maximum Gasteiger partial charge on any atom is 0.233 e. The maximum atomic E-state index is 12.2. The van der Waals surface area contributed by atoms with Gasteiger partial charge in [-0.25, -0.2) is 0 Å². The zero-order valence-corrected chi connectivity index (χ0v) is 14.0. The Morgan fingerprint density at radius 3 is 2.88 bits per heavy atom. The third-order valence-corrected chi connectivity index (χ3v) is 5.03. The van der Waals surface area contributed by atoms with Crippen LogP contribution >= 0.6 is 11.3 Å². The summed E-state index contributed by atoms with van der Waals surface area (Å²) in [5, 5.41) is 17.6. The molecule has 0 bridgehead atoms. The Morgan fingerprint density at radius 2 is 2.21 bits per heavy atom. The van der Waals surface area contributed by atoms with Crippen molar-refractivity contribution in [3.63, 3.8) is 0 Å². The van der Waals surface area contributed by atoms with Gasteiger partial charge in [-0.2, -0.15) is 9.78 Å². The predicted molar refractivity (Wildman–Crippen MR) is 89.9 cm³/mol. The van der Waals surface area contributed by atoms with Gasteiger partial charge in [0.15, 0.2) is 5.82 Å². The van der Waals surface area contributed by atoms with E-state index in [0.717, 1.165) is 16.1 Å². The van der Waals surface area contributed by atoms with Crippen molar-refractivity contribution < 1.29 is 9.53 Å². The molecule has 7 nitrogen and oxygen atoms in total. The molecule has 0 saturated heterocycles. The van der Waals surface area contributed by atoms with E-state index >= 15 is 0 Å². The Morgan fingerprint density at radius 1 is 1.33 bits per heavy atom. The average molecular weight is 341 g/mol. The monoisotopic (exact) mass is 341 g/mol. The lowest BCUT2D eigenvalue weighted by Gasteiger charge is -2.23. The Kier molecular flexibility index (Phi) is 3.53. The molecule has 0 aromatic carbocycles. The Balaban J connectivity index is 1.84. The fraction of sp³-hybridized carbons (Fsp3) is 0.250. The molecular weight excluding hydrogens is 326 g/mol. The number of carbonyl (C=O) groups is 1. The number of fused-ring (bicyclic) bond motifs is 1. The number of nitrogens with zero attached hydrogens (tertiary/aromatic N) is 4. The minimum absolute atomic E-state index is 0.0220. The van der Waals surface area contributed by atoms with Crippen molar-refractivity contribution >= 4 is 23.1 Å². The van der Waals surface area contributed by atoms with Crippen LogP contribution in [0.3, 0.4) is 0 Å². The zero-order valence-electron chi connectivity index (χ0n) is 13.2. The van der Waals surface area contributed by atoms with E-state index in [1.54, 1.807) is 28.2 Å². The third kappa shape index (κ3) is 2.35. The number of anilines is 1. The molecule has 3 aromatic heterocycles. The van der Waals surface area contributed by atoms with E-state index in [2.05, 4.69) is 26.7 Å². The van der Waals surface area contributed by atoms with Crippen molar-refractivity contribution in [2.75, 3.05) is 12.4 Å². The average Bonchev–Trinajstić information content (AvgIpc) is 3.23. The highest BCUT2D eigenvalue weighted by Gasteiger charge is 2.33. The van der Waals surface area contributed by atoms with Crippen LogP contribution in [0.5, 0.6) is 5.88 Å². The summed E-state index contributed by atoms with van der Waals surface area (Å²) < 4.78 is 6.67. The van der Waals surface area contributed by atoms with E-state index in [-0.39, 0.29) is 11.8 Å². The highest BCUT2D eigenvalue weighted by molar-refractivity contribution is 7.10. The molecule has 0 unspecified atom stereocenters. The first kappa shape index (κ1) is 14.8. The molecule has 24 heavy (non-hydrogen) atoms. The number of hydrogen-bond acceptors (Lipinski definition) is 6. The maximum absolute atomic E-state index is 12.2. The zero-order chi connectivity index (χ0) is 16.7. The molecule has 4 rings (SSSR count). The molecule has 122 valence electrons. The normalized spacial score (nSPS) is 16.6. The minimum Gasteiger partial charge on any atom is -0.480 e. The summed E-state index contributed by atoms with van der Waals surface area (Å²) in [6.07, 6.45) is 0.425. The van der Waals surface area contributed by atoms with Crippen LogP contribution in [0.2, 0.25) is 0 Å². The molecule has 0 spiro atoms. The largest absolute Gasteiger partial charge is 0.480 e. The summed E-state index contributed by atoms with van der Waals surface area (Å²) in [6, 6.07) is 7.54. The van der Waals surface area contributed by atoms with Gasteiger partial charge in [0.1, 0.15) is 5.82 Å². The van der Waals surface area contributed by atoms with Crippen molar-refractivity contribution in [2.24, 2.45) is 0 Å². The van der Waals surface area contributed by atoms with Gasteiger partial charge in [0.2, 0.25) is 11.8 Å². The second kappa shape index (κ2) is 5.72. The van der Waals surface area contributed by atoms with Crippen molar-refractivity contribution in [3.8, 4) is 11.7 Å². The molecule has 3 aromatic rings. The lowest BCUT2D eigenvalue weighted by atomic mass is 9.91. The topological polar surface area (TPSA) is 81.9 Å². The number of aryl methyl sites for hydroxylation is 1. The standard InChI is InChI=1S/C16H15N5O2S/c1-9-15-10(11-4-3-7-24-11)8-13(22)17-16(15)21(20-9)12-5-6-14(23-2)19-18-12/h3-7,10H,8H2,1-2H3,(H,17,22)/t10-/m0/s1. The highest BCUT2D eigenvalue weighted by Crippen LogP contribution is 2.41. The van der Waals surface area contributed by atoms with E-state index in [0.29, 0.717) is 23.9 Å². The summed E-state index contributed by atoms with van der Waals surface area (Å²) in [6.45, 7) is 1.95. The third-order valence-electron chi connectivity index (χ3n) is 4.04. The van der Waals surface area contributed by atoms with Gasteiger partial charge in [0.25, 0.3) is 0 Å². The van der Waals surface area contributed by atoms with Gasteiger partial charge in [0.05, 0.1) is 12.8 Å². The molecule has 0 aliphatic carbocycles. The van der Waals surface area contributed by atoms with Gasteiger partial charge in [-0.05, 0) is 24.4 Å². The van der Waals surface area contributed by atoms with E-state index < -0.39 is 0 Å². The van der Waals surface area contributed by atoms with Crippen LogP contribution in [0, 0.1) is 6.92 Å². The Labute approximate surface area is 142 Å². The van der Waals surface area contributed by atoms with Crippen molar-refractivity contribution in [1.29, 1.82) is 0 Å². The number of rotatable bonds is 3. The fourth-order valence-electron chi connectivity index (χ4n) is 2.98. The molecule has 1 aliphatic rings. The van der Waals surface area contributed by atoms with Gasteiger partial charge in [-0.1, -0.05) is 6.07 Å². The first-order chi connectivity index (χ1) is 11.7. The van der Waals surface area contributed by atoms with Crippen LogP contribution < -0.4 is 10.1 Å². The van der Waals surface area contributed by atoms with Gasteiger partial charge < -0.3 is 10.1 Å². The molecule has 8 heteroatoms. The summed E-state index contributed by atoms with van der Waals surface area (Å²) in [7, 11) is 1.54. The van der Waals surface area contributed by atoms with Crippen LogP contribution in [0.1, 0.15) is 28.5 Å². The summed E-state index contributed by atoms with van der Waals surface area (Å²) in [4.78, 5) is 13.4. The SMILES string of the molecule is COc1ccc(-n2nc(C)c3c2NC(=O)C[C@H]3c2cccs2)nn1. The highest BCUT2D eigenvalue weighted by atomic mass is 32.1. The van der Waals surface area contributed by atoms with Gasteiger partial charge in [-0.15, -0.1) is 21.5 Å². The molecule has 1 aliphatic heterocycles. The van der Waals surface area contributed by atoms with Crippen molar-refractivity contribution in [2.45, 2.75) is 19.3 Å². The quantitative estimate of drug-likeness (QED) is 0.791. The van der Waals surface area contributed by atoms with Gasteiger partial charge in [-0.3, -0.25) is 4.79 Å². The van der Waals surface area contributed by atoms with Crippen LogP contribution in [0.15, 0.2) is 29.6 Å². The predicted octanol–water partition coefficient (Wildman–Crippen LogP) is 2.51. The molecule has 0 fully saturated rings. The number of amides is 1. The number of methoxy groups -OCH3 is 1. The molecule has 0 saturated carbocycles. The molecule has 1 atom stereocenters. The summed E-state index contributed by atoms with van der Waals surface area (Å²) in [5.74, 6) is 1.63. The smallest absolute Gasteiger partial charge is 0.233 e. The van der Waals surface area contributed by atoms with Crippen molar-refractivity contribution in [1.82, 2.24) is 20.0 Å². The van der Waals surface area contributed by atoms with Crippen LogP contribution in [0.25, 0.3) is 5.82 Å². The number of hydrogen-bond donors (Lipinski definition) is 1. The van der Waals surface area contributed by atoms with Gasteiger partial charge in [0, 0.05) is 28.8 Å². The van der Waals surface area contributed by atoms with Crippen LogP contribution in [-0.2, 0) is 4.79 Å². The lowest BCUT2D eigenvalue weighted by molar-refractivity contribution is -0.116. The number of ether oxygens (including phenoxy) is 1. The van der Waals surface area contributed by atoms with Crippen molar-refractivity contribution in [3.05, 3.63) is 45.8 Å². The molecule has 1 N–H and O–H groups in total. The Bertz CT molecular complexity index is 886. The Hall–Kier alpha value is -2.74. The molecule has 4 heterocycles. The number of thiophene rings is 1. The molecule has 0 radical (unpaired) electrons. The fourth-order valence-corrected chi connectivity index (χ4v) is 3.82. The second-order valence-electron chi connectivity index (χ2n) is 5.51. The minimum atomic E-state index is -0.0245. The summed E-state index contributed by atoms with van der Waals surface area (Å²) >= 11 is 1.65. The first-order valence-corrected chi connectivity index (χ1v) is 8.36. The first-order valence-electron chi connectivity index (χ1n) is 7.48. The van der Waals surface area contributed by atoms with E-state index in [9.17, 15) is 4.79 Å². The number of aromatic nitrogens is 4. The van der Waals surface area contributed by atoms with Crippen LogP contribution in [0.4, 0.5) is 5.82 Å². The summed E-state index contributed by atoms with van der Waals surface area (Å²) in [5.41, 5.74) is 1.91. The molecular formula is C16H15N5O2S. The van der Waals surface area contributed by atoms with Crippen LogP contribution in [-0.4, -0.2) is 33.0 Å². The van der Waals surface area contributed by atoms with E-state index in [1.807, 2.05) is 18.4 Å². The molecule has 1 amide bonds.